The normalized spacial score (nSPS) is 13.3. The Morgan fingerprint density at radius 2 is 0.953 bits per heavy atom. The molecule has 0 unspecified atom stereocenters. The summed E-state index contributed by atoms with van der Waals surface area (Å²) in [5.41, 5.74) is 12.5. The van der Waals surface area contributed by atoms with Crippen molar-refractivity contribution in [3.63, 3.8) is 0 Å². The van der Waals surface area contributed by atoms with Crippen LogP contribution >= 0.6 is 0 Å². The Morgan fingerprint density at radius 3 is 1.40 bits per heavy atom. The van der Waals surface area contributed by atoms with Gasteiger partial charge in [-0.3, -0.25) is 0 Å². The van der Waals surface area contributed by atoms with Gasteiger partial charge in [0, 0.05) is 52.4 Å². The predicted octanol–water partition coefficient (Wildman–Crippen LogP) is 4.66. The van der Waals surface area contributed by atoms with E-state index in [4.69, 9.17) is 39.9 Å². The number of unbranched alkanes of at least 4 members (excludes halogenated alkanes) is 2. The zero-order chi connectivity index (χ0) is 54.9. The van der Waals surface area contributed by atoms with Gasteiger partial charge in [-0.1, -0.05) is 102 Å². The number of hydrogen-bond acceptors (Lipinski definition) is 19. The number of aromatic nitrogens is 11. The minimum atomic E-state index is -4.69. The van der Waals surface area contributed by atoms with Crippen LogP contribution in [0.2, 0.25) is 0 Å². The first kappa shape index (κ1) is 80.9. The van der Waals surface area contributed by atoms with Crippen molar-refractivity contribution in [3.8, 4) is 22.8 Å². The third-order valence-electron chi connectivity index (χ3n) is 13.0. The van der Waals surface area contributed by atoms with Crippen LogP contribution < -0.4 is 84.4 Å². The topological polar surface area (TPSA) is 329 Å². The molecule has 5 aliphatic rings. The van der Waals surface area contributed by atoms with Gasteiger partial charge in [-0.25, -0.2) is 39.9 Å². The van der Waals surface area contributed by atoms with Gasteiger partial charge >= 0.3 is 76.2 Å². The molecule has 1 radical (unpaired) electrons. The van der Waals surface area contributed by atoms with Gasteiger partial charge in [-0.05, 0) is 141 Å². The molecule has 6 heterocycles. The molecule has 0 amide bonds. The monoisotopic (exact) mass is 1300 g/mol. The minimum Gasteiger partial charge on any atom is -0.747 e. The molecule has 0 saturated carbocycles. The molecular weight excluding hydrogens is 1210 g/mol. The second-order valence-electron chi connectivity index (χ2n) is 18.4. The summed E-state index contributed by atoms with van der Waals surface area (Å²) in [6.45, 7) is 8.27. The van der Waals surface area contributed by atoms with Crippen LogP contribution in [0.1, 0.15) is 175 Å². The van der Waals surface area contributed by atoms with E-state index >= 15 is 0 Å². The van der Waals surface area contributed by atoms with Gasteiger partial charge in [0.1, 0.15) is 31.9 Å². The van der Waals surface area contributed by atoms with Crippen LogP contribution in [0, 0.1) is 0 Å². The van der Waals surface area contributed by atoms with Crippen LogP contribution in [-0.4, -0.2) is 97.9 Å². The Labute approximate surface area is 559 Å². The summed E-state index contributed by atoms with van der Waals surface area (Å²) in [7, 11) is -12.6. The Hall–Kier alpha value is -4.12. The SMILES string of the molecule is C.C.C.C.C.CC.CC.CS(=O)(=O)NCCCCCc1nc(NCS(=O)(=O)[O-])nc(Nc2cccc(S(=O)(=O)[O-])c2)n1.[Cu+2].[Na+].[Na+].c1ccc2c(c1)-c1nc-2nc2[n-]c(nc3nc(nc4[n-]c(n1)c1c4CCCC1)C1=C3CCCC1)c1c2CCCC1. The molecule has 6 aromatic rings. The van der Waals surface area contributed by atoms with Gasteiger partial charge in [0.05, 0.1) is 34.4 Å². The minimum absolute atomic E-state index is 0. The number of benzene rings is 2. The second kappa shape index (κ2) is 36.4. The van der Waals surface area contributed by atoms with E-state index in [0.29, 0.717) is 37.3 Å². The van der Waals surface area contributed by atoms with E-state index in [9.17, 15) is 34.4 Å². The van der Waals surface area contributed by atoms with Crippen molar-refractivity contribution < 1.29 is 111 Å². The first-order valence-electron chi connectivity index (χ1n) is 26.2. The number of aryl methyl sites for hydroxylation is 5. The van der Waals surface area contributed by atoms with Gasteiger partial charge in [0.2, 0.25) is 21.9 Å². The first-order chi connectivity index (χ1) is 37.0. The number of allylic oxidation sites excluding steroid dienone is 2. The molecule has 2 aliphatic heterocycles. The van der Waals surface area contributed by atoms with Crippen LogP contribution in [-0.2, 0) is 79.4 Å². The van der Waals surface area contributed by atoms with Crippen LogP contribution in [0.3, 0.4) is 0 Å². The molecule has 0 saturated heterocycles. The standard InChI is InChI=1S/C32H28N8.C16H24N6O8S3.2C2H6.5CH4.Cu.2Na/c1-2-10-18-17(9-1)25-33-26(18)38-28-21-13-5-6-14-22(21)30(35-28)40-32-24-16-8-7-15-23(24)31(36-32)39-29-20-12-4-3-11-19(20)27(34-29)37-25;1-31(23,24)18-9-4-2-3-8-14-20-15(17-11-32(25,26)27)22-16(21-14)19-12-6-5-7-13(10-12)33(28,29)30;2*1-2;;;;;;;;/h1-2,9-10H,3-8,11-16H2;5-7,10,18H,2-4,8-9,11H2,1H3,(H,25,26,27)(H,28,29,30)(H2,17,19,20,21,22);2*1-2H3;5*1H4;;;/q-2;;;;;;;;;+2;2*+1/p-2. The molecule has 0 fully saturated rings. The molecule has 0 atom stereocenters. The predicted molar refractivity (Wildman–Crippen MR) is 326 cm³/mol. The van der Waals surface area contributed by atoms with E-state index in [2.05, 4.69) is 42.4 Å². The van der Waals surface area contributed by atoms with E-state index in [1.54, 1.807) is 0 Å². The molecule has 2 aromatic carbocycles. The summed E-state index contributed by atoms with van der Waals surface area (Å²) < 4.78 is 90.8. The Morgan fingerprint density at radius 1 is 0.518 bits per heavy atom. The zero-order valence-electron chi connectivity index (χ0n) is 46.1. The maximum absolute atomic E-state index is 11.2. The van der Waals surface area contributed by atoms with Crippen molar-refractivity contribution in [1.82, 2.24) is 59.5 Å². The van der Waals surface area contributed by atoms with Crippen LogP contribution in [0.15, 0.2) is 53.4 Å². The van der Waals surface area contributed by atoms with Gasteiger partial charge in [0.25, 0.3) is 0 Å². The summed E-state index contributed by atoms with van der Waals surface area (Å²) in [4.78, 5) is 52.3. The number of fused-ring (bicyclic) bond motifs is 19. The Balaban J connectivity index is 0.00000147. The van der Waals surface area contributed by atoms with Crippen LogP contribution in [0.4, 0.5) is 17.6 Å². The molecule has 3 N–H and O–H groups in total. The molecule has 22 nitrogen and oxygen atoms in total. The number of anilines is 3. The average Bonchev–Trinajstić information content (AvgIpc) is 1.87. The second-order valence-corrected chi connectivity index (χ2v) is 23.0. The third kappa shape index (κ3) is 21.0. The van der Waals surface area contributed by atoms with Crippen molar-refractivity contribution in [2.75, 3.05) is 29.3 Å². The van der Waals surface area contributed by atoms with Crippen molar-refractivity contribution in [2.24, 2.45) is 0 Å². The molecule has 85 heavy (non-hydrogen) atoms. The fourth-order valence-corrected chi connectivity index (χ4v) is 11.0. The molecule has 8 bridgehead atoms. The first-order valence-corrected chi connectivity index (χ1v) is 31.1. The quantitative estimate of drug-likeness (QED) is 0.0802. The summed E-state index contributed by atoms with van der Waals surface area (Å²) >= 11 is 0. The fraction of sp³-hybridized carbons (Fsp3) is 0.491. The summed E-state index contributed by atoms with van der Waals surface area (Å²) in [6.07, 6.45) is 15.9. The van der Waals surface area contributed by atoms with Crippen LogP contribution in [0.5, 0.6) is 0 Å². The van der Waals surface area contributed by atoms with Crippen molar-refractivity contribution in [3.05, 3.63) is 88.3 Å². The molecule has 4 aromatic heterocycles. The van der Waals surface area contributed by atoms with Gasteiger partial charge in [0.15, 0.2) is 0 Å². The van der Waals surface area contributed by atoms with Gasteiger partial charge < -0.3 is 49.6 Å². The van der Waals surface area contributed by atoms with E-state index < -0.39 is 41.0 Å². The smallest absolute Gasteiger partial charge is 0.747 e. The molecular formula is C57H82CuN14Na2O8S3. The zero-order valence-corrected chi connectivity index (χ0v) is 53.4. The largest absolute Gasteiger partial charge is 2.00 e. The average molecular weight is 1300 g/mol. The number of sulfonamides is 1. The van der Waals surface area contributed by atoms with Crippen molar-refractivity contribution in [1.29, 1.82) is 0 Å². The van der Waals surface area contributed by atoms with E-state index in [0.717, 1.165) is 141 Å². The summed E-state index contributed by atoms with van der Waals surface area (Å²) in [5.74, 6) is 1.88. The summed E-state index contributed by atoms with van der Waals surface area (Å²) in [5, 5.41) is 5.00. The van der Waals surface area contributed by atoms with Crippen LogP contribution in [0.25, 0.3) is 56.5 Å². The van der Waals surface area contributed by atoms with E-state index in [1.807, 2.05) is 39.8 Å². The molecule has 11 rings (SSSR count). The number of hydrogen-bond donors (Lipinski definition) is 3. The third-order valence-corrected chi connectivity index (χ3v) is 15.1. The summed E-state index contributed by atoms with van der Waals surface area (Å²) in [6, 6.07) is 13.2. The Bertz CT molecular complexity index is 3590. The number of nitrogens with one attached hydrogen (secondary N) is 3. The van der Waals surface area contributed by atoms with Crippen molar-refractivity contribution >= 4 is 81.6 Å². The number of rotatable bonds is 13. The molecule has 459 valence electrons. The number of nitrogens with zero attached hydrogens (tertiary/aromatic N) is 11. The van der Waals surface area contributed by atoms with Gasteiger partial charge in [-0.2, -0.15) is 15.0 Å². The van der Waals surface area contributed by atoms with E-state index in [1.165, 1.54) is 45.5 Å². The maximum Gasteiger partial charge on any atom is 2.00 e. The van der Waals surface area contributed by atoms with Gasteiger partial charge in [-0.15, -0.1) is 0 Å². The molecule has 28 heteroatoms. The Kier molecular flexibility index (Phi) is 34.6. The van der Waals surface area contributed by atoms with E-state index in [-0.39, 0.29) is 143 Å². The molecule has 3 aliphatic carbocycles. The van der Waals surface area contributed by atoms with Crippen molar-refractivity contribution in [2.45, 2.75) is 172 Å². The molecule has 0 spiro atoms. The fourth-order valence-electron chi connectivity index (χ4n) is 9.64. The maximum atomic E-state index is 11.2.